The molecule has 1 atom stereocenters. The second-order valence-electron chi connectivity index (χ2n) is 8.71. The Bertz CT molecular complexity index is 1200. The summed E-state index contributed by atoms with van der Waals surface area (Å²) in [7, 11) is 0. The molecule has 1 aromatic carbocycles. The number of nitrogens with zero attached hydrogens (tertiary/aromatic N) is 2. The van der Waals surface area contributed by atoms with Crippen molar-refractivity contribution < 1.29 is 23.6 Å². The smallest absolute Gasteiger partial charge is 0.287 e. The molecule has 0 spiro atoms. The number of furan rings is 1. The van der Waals surface area contributed by atoms with Crippen LogP contribution in [0.2, 0.25) is 0 Å². The summed E-state index contributed by atoms with van der Waals surface area (Å²) in [5.41, 5.74) is 1.41. The van der Waals surface area contributed by atoms with Gasteiger partial charge in [0.2, 0.25) is 11.8 Å². The van der Waals surface area contributed by atoms with E-state index in [0.717, 1.165) is 25.7 Å². The first-order valence-corrected chi connectivity index (χ1v) is 11.9. The zero-order valence-corrected chi connectivity index (χ0v) is 20.0. The molecule has 9 nitrogen and oxygen atoms in total. The van der Waals surface area contributed by atoms with E-state index in [1.54, 1.807) is 54.9 Å². The largest absolute Gasteiger partial charge is 0.459 e. The third kappa shape index (κ3) is 5.86. The summed E-state index contributed by atoms with van der Waals surface area (Å²) in [4.78, 5) is 56.9. The zero-order valence-electron chi connectivity index (χ0n) is 20.0. The van der Waals surface area contributed by atoms with Gasteiger partial charge in [-0.1, -0.05) is 18.9 Å². The summed E-state index contributed by atoms with van der Waals surface area (Å²) in [6.45, 7) is 1.08. The SMILES string of the molecule is CC(=O)c1ccc(N(C(=O)CNC(=O)c2ccco2)[C@@H](C(=O)NC2CCCC2)c2cccnc2)cc1. The highest BCUT2D eigenvalue weighted by atomic mass is 16.3. The van der Waals surface area contributed by atoms with Crippen molar-refractivity contribution in [2.24, 2.45) is 0 Å². The standard InChI is InChI=1S/C27H28N4O5/c1-18(32)19-10-12-22(13-11-19)31(24(33)17-29-26(34)23-9-5-15-36-23)25(20-6-4-14-28-16-20)27(35)30-21-7-2-3-8-21/h4-6,9-16,21,25H,2-3,7-8,17H2,1H3,(H,29,34)(H,30,35)/t25-/m1/s1. The van der Waals surface area contributed by atoms with Gasteiger partial charge in [-0.15, -0.1) is 0 Å². The van der Waals surface area contributed by atoms with Gasteiger partial charge in [0.05, 0.1) is 12.8 Å². The van der Waals surface area contributed by atoms with Gasteiger partial charge in [-0.2, -0.15) is 0 Å². The Kier molecular flexibility index (Phi) is 7.89. The second-order valence-corrected chi connectivity index (χ2v) is 8.71. The summed E-state index contributed by atoms with van der Waals surface area (Å²) in [5, 5.41) is 5.64. The first-order chi connectivity index (χ1) is 17.4. The fourth-order valence-electron chi connectivity index (χ4n) is 4.34. The van der Waals surface area contributed by atoms with Crippen molar-refractivity contribution in [3.05, 3.63) is 84.1 Å². The van der Waals surface area contributed by atoms with Crippen LogP contribution in [0.4, 0.5) is 5.69 Å². The van der Waals surface area contributed by atoms with Crippen LogP contribution in [0.15, 0.2) is 71.6 Å². The number of aromatic nitrogens is 1. The highest BCUT2D eigenvalue weighted by molar-refractivity contribution is 6.04. The number of Topliss-reactive ketones (excluding diaryl/α,β-unsaturated/α-hetero) is 1. The van der Waals surface area contributed by atoms with Crippen molar-refractivity contribution in [1.82, 2.24) is 15.6 Å². The number of hydrogen-bond donors (Lipinski definition) is 2. The quantitative estimate of drug-likeness (QED) is 0.445. The van der Waals surface area contributed by atoms with Crippen molar-refractivity contribution in [2.75, 3.05) is 11.4 Å². The Labute approximate surface area is 208 Å². The van der Waals surface area contributed by atoms with Crippen LogP contribution in [-0.2, 0) is 9.59 Å². The van der Waals surface area contributed by atoms with E-state index in [9.17, 15) is 19.2 Å². The summed E-state index contributed by atoms with van der Waals surface area (Å²) in [5.74, 6) is -1.44. The summed E-state index contributed by atoms with van der Waals surface area (Å²) in [6, 6.07) is 12.0. The number of rotatable bonds is 9. The van der Waals surface area contributed by atoms with Crippen molar-refractivity contribution in [2.45, 2.75) is 44.7 Å². The van der Waals surface area contributed by atoms with E-state index in [1.807, 2.05) is 0 Å². The monoisotopic (exact) mass is 488 g/mol. The van der Waals surface area contributed by atoms with Crippen LogP contribution in [0.1, 0.15) is 65.1 Å². The number of ketones is 1. The highest BCUT2D eigenvalue weighted by Crippen LogP contribution is 2.29. The van der Waals surface area contributed by atoms with E-state index in [4.69, 9.17) is 4.42 Å². The molecule has 0 unspecified atom stereocenters. The molecule has 1 saturated carbocycles. The van der Waals surface area contributed by atoms with Crippen molar-refractivity contribution >= 4 is 29.2 Å². The van der Waals surface area contributed by atoms with E-state index in [0.29, 0.717) is 16.8 Å². The predicted octanol–water partition coefficient (Wildman–Crippen LogP) is 3.44. The Morgan fingerprint density at radius 1 is 1.06 bits per heavy atom. The fourth-order valence-corrected chi connectivity index (χ4v) is 4.34. The molecule has 0 saturated heterocycles. The lowest BCUT2D eigenvalue weighted by Crippen LogP contribution is -2.49. The van der Waals surface area contributed by atoms with E-state index < -0.39 is 17.9 Å². The first-order valence-electron chi connectivity index (χ1n) is 11.9. The van der Waals surface area contributed by atoms with Gasteiger partial charge in [0, 0.05) is 35.2 Å². The Hall–Kier alpha value is -4.27. The molecule has 3 amide bonds. The van der Waals surface area contributed by atoms with Crippen LogP contribution >= 0.6 is 0 Å². The van der Waals surface area contributed by atoms with Gasteiger partial charge in [0.1, 0.15) is 6.04 Å². The lowest BCUT2D eigenvalue weighted by Gasteiger charge is -2.32. The average molecular weight is 489 g/mol. The maximum Gasteiger partial charge on any atom is 0.287 e. The van der Waals surface area contributed by atoms with Gasteiger partial charge in [-0.3, -0.25) is 29.1 Å². The van der Waals surface area contributed by atoms with Crippen molar-refractivity contribution in [1.29, 1.82) is 0 Å². The molecule has 1 fully saturated rings. The topological polar surface area (TPSA) is 122 Å². The molecule has 0 radical (unpaired) electrons. The molecular formula is C27H28N4O5. The molecule has 0 bridgehead atoms. The van der Waals surface area contributed by atoms with Gasteiger partial charge >= 0.3 is 0 Å². The Morgan fingerprint density at radius 2 is 1.81 bits per heavy atom. The maximum absolute atomic E-state index is 13.6. The number of carbonyl (C=O) groups excluding carboxylic acids is 4. The zero-order chi connectivity index (χ0) is 25.5. The number of benzene rings is 1. The number of pyridine rings is 1. The third-order valence-electron chi connectivity index (χ3n) is 6.17. The molecule has 4 rings (SSSR count). The molecule has 1 aliphatic carbocycles. The van der Waals surface area contributed by atoms with Crippen molar-refractivity contribution in [3.63, 3.8) is 0 Å². The molecule has 3 aromatic rings. The summed E-state index contributed by atoms with van der Waals surface area (Å²) in [6.07, 6.45) is 8.34. The second kappa shape index (κ2) is 11.4. The number of anilines is 1. The van der Waals surface area contributed by atoms with Crippen LogP contribution < -0.4 is 15.5 Å². The number of amides is 3. The summed E-state index contributed by atoms with van der Waals surface area (Å²) >= 11 is 0. The summed E-state index contributed by atoms with van der Waals surface area (Å²) < 4.78 is 5.10. The minimum atomic E-state index is -1.03. The molecule has 36 heavy (non-hydrogen) atoms. The first kappa shape index (κ1) is 24.8. The number of hydrogen-bond acceptors (Lipinski definition) is 6. The molecule has 186 valence electrons. The van der Waals surface area contributed by atoms with E-state index in [-0.39, 0.29) is 30.0 Å². The molecule has 9 heteroatoms. The van der Waals surface area contributed by atoms with Crippen LogP contribution in [0.5, 0.6) is 0 Å². The van der Waals surface area contributed by atoms with Gasteiger partial charge in [0.15, 0.2) is 11.5 Å². The van der Waals surface area contributed by atoms with Gasteiger partial charge in [0.25, 0.3) is 5.91 Å². The molecule has 2 N–H and O–H groups in total. The molecule has 2 aromatic heterocycles. The average Bonchev–Trinajstić information content (AvgIpc) is 3.61. The minimum Gasteiger partial charge on any atom is -0.459 e. The minimum absolute atomic E-state index is 0.0346. The van der Waals surface area contributed by atoms with Crippen LogP contribution in [0.25, 0.3) is 0 Å². The van der Waals surface area contributed by atoms with Gasteiger partial charge < -0.3 is 15.1 Å². The van der Waals surface area contributed by atoms with Gasteiger partial charge in [-0.25, -0.2) is 0 Å². The van der Waals surface area contributed by atoms with Crippen LogP contribution in [0, 0.1) is 0 Å². The Morgan fingerprint density at radius 3 is 2.42 bits per heavy atom. The number of nitrogens with one attached hydrogen (secondary N) is 2. The normalized spacial score (nSPS) is 14.1. The van der Waals surface area contributed by atoms with E-state index in [1.165, 1.54) is 24.2 Å². The predicted molar refractivity (Wildman–Crippen MR) is 132 cm³/mol. The van der Waals surface area contributed by atoms with Crippen LogP contribution in [-0.4, -0.2) is 41.1 Å². The highest BCUT2D eigenvalue weighted by Gasteiger charge is 2.34. The fraction of sp³-hybridized carbons (Fsp3) is 0.296. The van der Waals surface area contributed by atoms with Crippen molar-refractivity contribution in [3.8, 4) is 0 Å². The molecular weight excluding hydrogens is 460 g/mol. The Balaban J connectivity index is 1.68. The van der Waals surface area contributed by atoms with Crippen LogP contribution in [0.3, 0.4) is 0 Å². The lowest BCUT2D eigenvalue weighted by atomic mass is 10.0. The maximum atomic E-state index is 13.6. The number of carbonyl (C=O) groups is 4. The lowest BCUT2D eigenvalue weighted by molar-refractivity contribution is -0.126. The molecule has 1 aliphatic rings. The molecule has 0 aliphatic heterocycles. The third-order valence-corrected chi connectivity index (χ3v) is 6.17. The van der Waals surface area contributed by atoms with E-state index >= 15 is 0 Å². The van der Waals surface area contributed by atoms with E-state index in [2.05, 4.69) is 15.6 Å². The molecule has 2 heterocycles. The van der Waals surface area contributed by atoms with Gasteiger partial charge in [-0.05, 0) is 62.2 Å².